The van der Waals surface area contributed by atoms with E-state index in [4.69, 9.17) is 21.1 Å². The summed E-state index contributed by atoms with van der Waals surface area (Å²) >= 11 is 9.53. The molecule has 0 N–H and O–H groups in total. The summed E-state index contributed by atoms with van der Waals surface area (Å²) in [5.41, 5.74) is 1.15. The van der Waals surface area contributed by atoms with Gasteiger partial charge in [-0.25, -0.2) is 0 Å². The summed E-state index contributed by atoms with van der Waals surface area (Å²) < 4.78 is 11.4. The second kappa shape index (κ2) is 6.07. The van der Waals surface area contributed by atoms with Crippen molar-refractivity contribution in [2.75, 3.05) is 6.61 Å². The molecule has 1 aromatic carbocycles. The van der Waals surface area contributed by atoms with Gasteiger partial charge in [0.05, 0.1) is 17.2 Å². The van der Waals surface area contributed by atoms with Crippen molar-refractivity contribution in [3.05, 3.63) is 28.8 Å². The monoisotopic (exact) mass is 318 g/mol. The minimum absolute atomic E-state index is 0.205. The Morgan fingerprint density at radius 1 is 1.47 bits per heavy atom. The molecule has 2 nitrogen and oxygen atoms in total. The average Bonchev–Trinajstić information content (AvgIpc) is 2.73. The van der Waals surface area contributed by atoms with Crippen LogP contribution in [0, 0.1) is 0 Å². The quantitative estimate of drug-likeness (QED) is 0.775. The Morgan fingerprint density at radius 3 is 2.88 bits per heavy atom. The topological polar surface area (TPSA) is 18.5 Å². The Morgan fingerprint density at radius 2 is 2.29 bits per heavy atom. The SMILES string of the molecule is CC1CCC(COc2ccc(CBr)cc2Cl)O1. The Balaban J connectivity index is 1.90. The number of rotatable bonds is 4. The number of alkyl halides is 1. The fraction of sp³-hybridized carbons (Fsp3) is 0.538. The molecule has 0 saturated carbocycles. The zero-order valence-corrected chi connectivity index (χ0v) is 12.1. The number of ether oxygens (including phenoxy) is 2. The lowest BCUT2D eigenvalue weighted by atomic mass is 10.2. The third kappa shape index (κ3) is 3.60. The first-order valence-corrected chi connectivity index (χ1v) is 7.31. The molecule has 0 aliphatic carbocycles. The predicted molar refractivity (Wildman–Crippen MR) is 73.1 cm³/mol. The van der Waals surface area contributed by atoms with E-state index in [1.165, 1.54) is 0 Å². The van der Waals surface area contributed by atoms with Crippen LogP contribution in [0.2, 0.25) is 5.02 Å². The van der Waals surface area contributed by atoms with Gasteiger partial charge >= 0.3 is 0 Å². The summed E-state index contributed by atoms with van der Waals surface area (Å²) in [5, 5.41) is 1.46. The lowest BCUT2D eigenvalue weighted by Gasteiger charge is -2.14. The minimum atomic E-state index is 0.205. The summed E-state index contributed by atoms with van der Waals surface area (Å²) in [6, 6.07) is 5.84. The van der Waals surface area contributed by atoms with Gasteiger partial charge in [-0.05, 0) is 37.5 Å². The van der Waals surface area contributed by atoms with Gasteiger partial charge < -0.3 is 9.47 Å². The lowest BCUT2D eigenvalue weighted by molar-refractivity contribution is 0.0265. The van der Waals surface area contributed by atoms with Gasteiger partial charge in [-0.2, -0.15) is 0 Å². The molecule has 1 aliphatic rings. The van der Waals surface area contributed by atoms with E-state index in [9.17, 15) is 0 Å². The molecule has 94 valence electrons. The molecule has 1 heterocycles. The number of hydrogen-bond acceptors (Lipinski definition) is 2. The molecule has 0 radical (unpaired) electrons. The van der Waals surface area contributed by atoms with E-state index in [2.05, 4.69) is 22.9 Å². The maximum atomic E-state index is 6.14. The van der Waals surface area contributed by atoms with Crippen LogP contribution in [0.25, 0.3) is 0 Å². The van der Waals surface area contributed by atoms with Crippen LogP contribution in [0.15, 0.2) is 18.2 Å². The Kier molecular flexibility index (Phi) is 4.71. The predicted octanol–water partition coefficient (Wildman–Crippen LogP) is 4.18. The summed E-state index contributed by atoms with van der Waals surface area (Å²) in [6.45, 7) is 2.68. The molecule has 1 aliphatic heterocycles. The molecule has 0 spiro atoms. The molecule has 2 rings (SSSR count). The zero-order chi connectivity index (χ0) is 12.3. The van der Waals surface area contributed by atoms with Gasteiger partial charge in [-0.15, -0.1) is 0 Å². The molecule has 2 atom stereocenters. The minimum Gasteiger partial charge on any atom is -0.489 e. The first-order chi connectivity index (χ1) is 8.19. The fourth-order valence-electron chi connectivity index (χ4n) is 1.94. The van der Waals surface area contributed by atoms with Gasteiger partial charge in [-0.1, -0.05) is 33.6 Å². The molecule has 1 fully saturated rings. The van der Waals surface area contributed by atoms with Crippen LogP contribution in [0.1, 0.15) is 25.3 Å². The third-order valence-electron chi connectivity index (χ3n) is 2.90. The largest absolute Gasteiger partial charge is 0.489 e. The van der Waals surface area contributed by atoms with E-state index in [0.29, 0.717) is 17.7 Å². The highest BCUT2D eigenvalue weighted by Crippen LogP contribution is 2.27. The zero-order valence-electron chi connectivity index (χ0n) is 9.79. The van der Waals surface area contributed by atoms with E-state index in [-0.39, 0.29) is 6.10 Å². The van der Waals surface area contributed by atoms with Crippen molar-refractivity contribution in [1.82, 2.24) is 0 Å². The van der Waals surface area contributed by atoms with Crippen LogP contribution in [0.3, 0.4) is 0 Å². The van der Waals surface area contributed by atoms with E-state index in [0.717, 1.165) is 29.5 Å². The van der Waals surface area contributed by atoms with Gasteiger partial charge in [0.15, 0.2) is 0 Å². The van der Waals surface area contributed by atoms with Crippen molar-refractivity contribution in [1.29, 1.82) is 0 Å². The lowest BCUT2D eigenvalue weighted by Crippen LogP contribution is -2.17. The fourth-order valence-corrected chi connectivity index (χ4v) is 2.54. The first kappa shape index (κ1) is 13.2. The van der Waals surface area contributed by atoms with Crippen LogP contribution in [-0.2, 0) is 10.1 Å². The van der Waals surface area contributed by atoms with Gasteiger partial charge in [-0.3, -0.25) is 0 Å². The maximum Gasteiger partial charge on any atom is 0.138 e. The first-order valence-electron chi connectivity index (χ1n) is 5.81. The molecular formula is C13H16BrClO2. The molecular weight excluding hydrogens is 303 g/mol. The normalized spacial score (nSPS) is 23.9. The van der Waals surface area contributed by atoms with Crippen LogP contribution in [0.4, 0.5) is 0 Å². The van der Waals surface area contributed by atoms with E-state index >= 15 is 0 Å². The van der Waals surface area contributed by atoms with E-state index in [1.807, 2.05) is 18.2 Å². The van der Waals surface area contributed by atoms with Crippen molar-refractivity contribution < 1.29 is 9.47 Å². The molecule has 1 saturated heterocycles. The van der Waals surface area contributed by atoms with Gasteiger partial charge in [0, 0.05) is 5.33 Å². The van der Waals surface area contributed by atoms with Crippen LogP contribution in [-0.4, -0.2) is 18.8 Å². The van der Waals surface area contributed by atoms with Gasteiger partial charge in [0.2, 0.25) is 0 Å². The van der Waals surface area contributed by atoms with Crippen LogP contribution < -0.4 is 4.74 Å². The molecule has 0 aromatic heterocycles. The summed E-state index contributed by atoms with van der Waals surface area (Å²) in [7, 11) is 0. The average molecular weight is 320 g/mol. The standard InChI is InChI=1S/C13H16BrClO2/c1-9-2-4-11(17-9)8-16-13-5-3-10(7-14)6-12(13)15/h3,5-6,9,11H,2,4,7-8H2,1H3. The molecule has 1 aromatic rings. The highest BCUT2D eigenvalue weighted by molar-refractivity contribution is 9.08. The highest BCUT2D eigenvalue weighted by Gasteiger charge is 2.22. The van der Waals surface area contributed by atoms with Crippen molar-refractivity contribution >= 4 is 27.5 Å². The van der Waals surface area contributed by atoms with Crippen LogP contribution in [0.5, 0.6) is 5.75 Å². The molecule has 2 unspecified atom stereocenters. The van der Waals surface area contributed by atoms with Crippen molar-refractivity contribution in [2.24, 2.45) is 0 Å². The van der Waals surface area contributed by atoms with Crippen molar-refractivity contribution in [2.45, 2.75) is 37.3 Å². The number of halogens is 2. The molecule has 17 heavy (non-hydrogen) atoms. The Labute approximate surface area is 115 Å². The highest BCUT2D eigenvalue weighted by atomic mass is 79.9. The molecule has 0 amide bonds. The van der Waals surface area contributed by atoms with E-state index < -0.39 is 0 Å². The van der Waals surface area contributed by atoms with Gasteiger partial charge in [0.1, 0.15) is 12.4 Å². The second-order valence-electron chi connectivity index (χ2n) is 4.36. The van der Waals surface area contributed by atoms with Crippen LogP contribution >= 0.6 is 27.5 Å². The Bertz CT molecular complexity index is 384. The van der Waals surface area contributed by atoms with E-state index in [1.54, 1.807) is 0 Å². The van der Waals surface area contributed by atoms with Crippen molar-refractivity contribution in [3.8, 4) is 5.75 Å². The smallest absolute Gasteiger partial charge is 0.138 e. The summed E-state index contributed by atoms with van der Waals surface area (Å²) in [5.74, 6) is 0.736. The van der Waals surface area contributed by atoms with Gasteiger partial charge in [0.25, 0.3) is 0 Å². The summed E-state index contributed by atoms with van der Waals surface area (Å²) in [4.78, 5) is 0. The number of hydrogen-bond donors (Lipinski definition) is 0. The summed E-state index contributed by atoms with van der Waals surface area (Å²) in [6.07, 6.45) is 2.74. The number of benzene rings is 1. The Hall–Kier alpha value is -0.250. The molecule has 4 heteroatoms. The second-order valence-corrected chi connectivity index (χ2v) is 5.32. The maximum absolute atomic E-state index is 6.14. The third-order valence-corrected chi connectivity index (χ3v) is 3.84. The van der Waals surface area contributed by atoms with Crippen molar-refractivity contribution in [3.63, 3.8) is 0 Å². The molecule has 0 bridgehead atoms.